The Morgan fingerprint density at radius 1 is 1.00 bits per heavy atom. The van der Waals surface area contributed by atoms with Crippen LogP contribution in [0.1, 0.15) is 36.9 Å². The summed E-state index contributed by atoms with van der Waals surface area (Å²) in [5.41, 5.74) is 0.724. The normalized spacial score (nSPS) is 15.3. The summed E-state index contributed by atoms with van der Waals surface area (Å²) in [4.78, 5) is 31.5. The number of carbonyl (C=O) groups excluding carboxylic acids is 2. The fourth-order valence-electron chi connectivity index (χ4n) is 3.52. The molecule has 2 amide bonds. The molecule has 0 aliphatic carbocycles. The van der Waals surface area contributed by atoms with Gasteiger partial charge in [-0.25, -0.2) is 0 Å². The summed E-state index contributed by atoms with van der Waals surface area (Å²) in [6.45, 7) is 10.9. The van der Waals surface area contributed by atoms with Crippen LogP contribution < -0.4 is 0 Å². The molecular weight excluding hydrogens is 366 g/mol. The highest BCUT2D eigenvalue weighted by atomic mass is 16.3. The molecule has 1 saturated heterocycles. The molecule has 2 aromatic rings. The van der Waals surface area contributed by atoms with Crippen LogP contribution in [0.4, 0.5) is 0 Å². The number of furan rings is 1. The predicted octanol–water partition coefficient (Wildman–Crippen LogP) is 3.11. The second-order valence-corrected chi connectivity index (χ2v) is 8.57. The molecule has 6 heteroatoms. The Morgan fingerprint density at radius 3 is 2.28 bits per heavy atom. The van der Waals surface area contributed by atoms with E-state index in [4.69, 9.17) is 4.42 Å². The first-order chi connectivity index (χ1) is 13.8. The first kappa shape index (κ1) is 21.1. The fourth-order valence-corrected chi connectivity index (χ4v) is 3.52. The SMILES string of the molecule is CC(C)(C)C(=O)N(CCN1CCN(C(=O)c2ccco2)CC1)Cc1ccccc1. The predicted molar refractivity (Wildman–Crippen MR) is 112 cm³/mol. The molecule has 6 nitrogen and oxygen atoms in total. The lowest BCUT2D eigenvalue weighted by molar-refractivity contribution is -0.140. The molecule has 29 heavy (non-hydrogen) atoms. The minimum absolute atomic E-state index is 0.0525. The lowest BCUT2D eigenvalue weighted by Gasteiger charge is -2.36. The molecule has 1 aromatic heterocycles. The molecule has 0 atom stereocenters. The van der Waals surface area contributed by atoms with Gasteiger partial charge in [0.05, 0.1) is 6.26 Å². The van der Waals surface area contributed by atoms with Crippen LogP contribution in [0.15, 0.2) is 53.1 Å². The Balaban J connectivity index is 1.54. The number of benzene rings is 1. The van der Waals surface area contributed by atoms with Gasteiger partial charge in [-0.1, -0.05) is 51.1 Å². The molecule has 1 fully saturated rings. The van der Waals surface area contributed by atoms with Crippen molar-refractivity contribution in [1.29, 1.82) is 0 Å². The second-order valence-electron chi connectivity index (χ2n) is 8.57. The number of carbonyl (C=O) groups is 2. The van der Waals surface area contributed by atoms with Crippen molar-refractivity contribution in [2.45, 2.75) is 27.3 Å². The molecular formula is C23H31N3O3. The van der Waals surface area contributed by atoms with Gasteiger partial charge in [0.2, 0.25) is 5.91 Å². The summed E-state index contributed by atoms with van der Waals surface area (Å²) in [6, 6.07) is 13.5. The van der Waals surface area contributed by atoms with Gasteiger partial charge in [0.1, 0.15) is 0 Å². The molecule has 0 saturated carbocycles. The van der Waals surface area contributed by atoms with Crippen molar-refractivity contribution in [2.24, 2.45) is 5.41 Å². The third kappa shape index (κ3) is 5.70. The zero-order valence-corrected chi connectivity index (χ0v) is 17.6. The quantitative estimate of drug-likeness (QED) is 0.752. The fraction of sp³-hybridized carbons (Fsp3) is 0.478. The van der Waals surface area contributed by atoms with Gasteiger partial charge in [-0.2, -0.15) is 0 Å². The van der Waals surface area contributed by atoms with Gasteiger partial charge in [-0.05, 0) is 17.7 Å². The summed E-state index contributed by atoms with van der Waals surface area (Å²) in [6.07, 6.45) is 1.52. The molecule has 0 bridgehead atoms. The standard InChI is InChI=1S/C23H31N3O3/c1-23(2,3)22(28)26(18-19-8-5-4-6-9-19)16-13-24-11-14-25(15-12-24)21(27)20-10-7-17-29-20/h4-10,17H,11-16,18H2,1-3H3. The second kappa shape index (κ2) is 9.27. The Hall–Kier alpha value is -2.60. The van der Waals surface area contributed by atoms with Gasteiger partial charge >= 0.3 is 0 Å². The lowest BCUT2D eigenvalue weighted by atomic mass is 9.94. The van der Waals surface area contributed by atoms with Crippen LogP contribution >= 0.6 is 0 Å². The van der Waals surface area contributed by atoms with Crippen molar-refractivity contribution >= 4 is 11.8 Å². The molecule has 0 unspecified atom stereocenters. The zero-order chi connectivity index (χ0) is 20.9. The summed E-state index contributed by atoms with van der Waals surface area (Å²) in [5, 5.41) is 0. The number of amides is 2. The minimum atomic E-state index is -0.414. The minimum Gasteiger partial charge on any atom is -0.459 e. The van der Waals surface area contributed by atoms with Gasteiger partial charge in [0.15, 0.2) is 5.76 Å². The van der Waals surface area contributed by atoms with Gasteiger partial charge in [0, 0.05) is 51.2 Å². The summed E-state index contributed by atoms with van der Waals surface area (Å²) >= 11 is 0. The van der Waals surface area contributed by atoms with E-state index in [-0.39, 0.29) is 11.8 Å². The molecule has 156 valence electrons. The van der Waals surface area contributed by atoms with Gasteiger partial charge < -0.3 is 14.2 Å². The van der Waals surface area contributed by atoms with Crippen molar-refractivity contribution in [1.82, 2.24) is 14.7 Å². The molecule has 0 spiro atoms. The zero-order valence-electron chi connectivity index (χ0n) is 17.6. The Kier molecular flexibility index (Phi) is 6.75. The smallest absolute Gasteiger partial charge is 0.289 e. The molecule has 0 N–H and O–H groups in total. The van der Waals surface area contributed by atoms with Crippen LogP contribution in [0.2, 0.25) is 0 Å². The van der Waals surface area contributed by atoms with E-state index in [1.165, 1.54) is 6.26 Å². The van der Waals surface area contributed by atoms with E-state index >= 15 is 0 Å². The molecule has 1 aliphatic rings. The van der Waals surface area contributed by atoms with E-state index in [1.54, 1.807) is 12.1 Å². The molecule has 3 rings (SSSR count). The molecule has 1 aliphatic heterocycles. The topological polar surface area (TPSA) is 57.0 Å². The van der Waals surface area contributed by atoms with Crippen molar-refractivity contribution < 1.29 is 14.0 Å². The number of nitrogens with zero attached hydrogens (tertiary/aromatic N) is 3. The van der Waals surface area contributed by atoms with E-state index < -0.39 is 5.41 Å². The van der Waals surface area contributed by atoms with Crippen molar-refractivity contribution in [3.05, 3.63) is 60.1 Å². The largest absolute Gasteiger partial charge is 0.459 e. The van der Waals surface area contributed by atoms with Crippen LogP contribution in [0.25, 0.3) is 0 Å². The first-order valence-corrected chi connectivity index (χ1v) is 10.2. The van der Waals surface area contributed by atoms with Gasteiger partial charge in [-0.15, -0.1) is 0 Å². The average Bonchev–Trinajstić information content (AvgIpc) is 3.25. The van der Waals surface area contributed by atoms with Gasteiger partial charge in [0.25, 0.3) is 5.91 Å². The number of hydrogen-bond donors (Lipinski definition) is 0. The van der Waals surface area contributed by atoms with Crippen LogP contribution in [0, 0.1) is 5.41 Å². The highest BCUT2D eigenvalue weighted by Gasteiger charge is 2.28. The molecule has 1 aromatic carbocycles. The maximum Gasteiger partial charge on any atom is 0.289 e. The van der Waals surface area contributed by atoms with Crippen molar-refractivity contribution in [2.75, 3.05) is 39.3 Å². The summed E-state index contributed by atoms with van der Waals surface area (Å²) in [7, 11) is 0. The van der Waals surface area contributed by atoms with Gasteiger partial charge in [-0.3, -0.25) is 14.5 Å². The van der Waals surface area contributed by atoms with E-state index in [2.05, 4.69) is 17.0 Å². The van der Waals surface area contributed by atoms with E-state index in [1.807, 2.05) is 48.8 Å². The van der Waals surface area contributed by atoms with Crippen molar-refractivity contribution in [3.63, 3.8) is 0 Å². The third-order valence-electron chi connectivity index (χ3n) is 5.22. The highest BCUT2D eigenvalue weighted by Crippen LogP contribution is 2.19. The number of hydrogen-bond acceptors (Lipinski definition) is 4. The van der Waals surface area contributed by atoms with Crippen LogP contribution in [0.5, 0.6) is 0 Å². The maximum atomic E-state index is 13.0. The van der Waals surface area contributed by atoms with Crippen LogP contribution in [-0.2, 0) is 11.3 Å². The highest BCUT2D eigenvalue weighted by molar-refractivity contribution is 5.91. The van der Waals surface area contributed by atoms with Crippen LogP contribution in [-0.4, -0.2) is 65.8 Å². The molecule has 0 radical (unpaired) electrons. The maximum absolute atomic E-state index is 13.0. The Morgan fingerprint density at radius 2 is 1.69 bits per heavy atom. The van der Waals surface area contributed by atoms with Crippen molar-refractivity contribution in [3.8, 4) is 0 Å². The van der Waals surface area contributed by atoms with E-state index in [0.29, 0.717) is 31.9 Å². The lowest BCUT2D eigenvalue weighted by Crippen LogP contribution is -2.51. The van der Waals surface area contributed by atoms with Crippen LogP contribution in [0.3, 0.4) is 0 Å². The Labute approximate surface area is 173 Å². The number of rotatable bonds is 6. The average molecular weight is 398 g/mol. The monoisotopic (exact) mass is 397 g/mol. The first-order valence-electron chi connectivity index (χ1n) is 10.2. The third-order valence-corrected chi connectivity index (χ3v) is 5.22. The summed E-state index contributed by atoms with van der Waals surface area (Å²) in [5.74, 6) is 0.500. The Bertz CT molecular complexity index is 789. The number of piperazine rings is 1. The van der Waals surface area contributed by atoms with E-state index in [9.17, 15) is 9.59 Å². The summed E-state index contributed by atoms with van der Waals surface area (Å²) < 4.78 is 5.22. The molecule has 2 heterocycles. The van der Waals surface area contributed by atoms with E-state index in [0.717, 1.165) is 25.2 Å².